The number of nitrogens with one attached hydrogen (secondary N) is 2. The van der Waals surface area contributed by atoms with Crippen molar-refractivity contribution in [1.29, 1.82) is 0 Å². The highest BCUT2D eigenvalue weighted by Crippen LogP contribution is 2.44. The number of aliphatic hydroxyl groups excluding tert-OH is 1. The Bertz CT molecular complexity index is 1990. The zero-order chi connectivity index (χ0) is 39.4. The number of carbonyl (C=O) groups excluding carboxylic acids is 4. The second-order valence-corrected chi connectivity index (χ2v) is 14.2. The van der Waals surface area contributed by atoms with Crippen molar-refractivity contribution >= 4 is 23.9 Å². The molecule has 4 atom stereocenters. The van der Waals surface area contributed by atoms with Crippen LogP contribution in [0.4, 0.5) is 4.79 Å². The summed E-state index contributed by atoms with van der Waals surface area (Å²) in [4.78, 5) is 56.0. The van der Waals surface area contributed by atoms with Crippen molar-refractivity contribution in [1.82, 2.24) is 15.5 Å². The Morgan fingerprint density at radius 3 is 2.11 bits per heavy atom. The van der Waals surface area contributed by atoms with Crippen LogP contribution < -0.4 is 10.6 Å². The molecule has 0 unspecified atom stereocenters. The van der Waals surface area contributed by atoms with Crippen molar-refractivity contribution in [2.24, 2.45) is 5.92 Å². The Morgan fingerprint density at radius 1 is 0.804 bits per heavy atom. The molecule has 1 heterocycles. The summed E-state index contributed by atoms with van der Waals surface area (Å²) in [6, 6.07) is 30.8. The summed E-state index contributed by atoms with van der Waals surface area (Å²) in [6.07, 6.45) is 3.84. The predicted octanol–water partition coefficient (Wildman–Crippen LogP) is 6.79. The lowest BCUT2D eigenvalue weighted by atomic mass is 9.92. The van der Waals surface area contributed by atoms with E-state index in [1.807, 2.05) is 91.0 Å². The number of allylic oxidation sites excluding steroid dienone is 2. The highest BCUT2D eigenvalue weighted by molar-refractivity contribution is 5.87. The lowest BCUT2D eigenvalue weighted by Gasteiger charge is -2.36. The summed E-state index contributed by atoms with van der Waals surface area (Å²) in [7, 11) is 0. The highest BCUT2D eigenvalue weighted by Gasteiger charge is 2.34. The summed E-state index contributed by atoms with van der Waals surface area (Å²) in [5.74, 6) is -2.23. The van der Waals surface area contributed by atoms with E-state index in [0.29, 0.717) is 24.9 Å². The molecule has 2 aliphatic rings. The molecular weight excluding hydrogens is 707 g/mol. The number of hydrogen-bond acceptors (Lipinski definition) is 7. The number of aliphatic hydroxyl groups is 1. The van der Waals surface area contributed by atoms with Crippen molar-refractivity contribution in [3.05, 3.63) is 156 Å². The van der Waals surface area contributed by atoms with Gasteiger partial charge in [0.2, 0.25) is 11.8 Å². The Morgan fingerprint density at radius 2 is 1.45 bits per heavy atom. The Labute approximate surface area is 328 Å². The Balaban J connectivity index is 1.09. The average Bonchev–Trinajstić information content (AvgIpc) is 3.55. The maximum Gasteiger partial charge on any atom is 0.407 e. The molecule has 1 aliphatic heterocycles. The molecule has 1 aliphatic carbocycles. The smallest absolute Gasteiger partial charge is 0.407 e. The van der Waals surface area contributed by atoms with Crippen molar-refractivity contribution in [2.75, 3.05) is 19.8 Å². The molecule has 10 heteroatoms. The summed E-state index contributed by atoms with van der Waals surface area (Å²) in [5.41, 5.74) is 7.16. The van der Waals surface area contributed by atoms with E-state index in [0.717, 1.165) is 33.4 Å². The topological polar surface area (TPSA) is 134 Å². The molecule has 56 heavy (non-hydrogen) atoms. The van der Waals surface area contributed by atoms with Crippen molar-refractivity contribution in [3.8, 4) is 11.1 Å². The van der Waals surface area contributed by atoms with Gasteiger partial charge in [0.05, 0.1) is 24.6 Å². The van der Waals surface area contributed by atoms with Crippen LogP contribution in [-0.4, -0.2) is 65.8 Å². The molecule has 0 spiro atoms. The number of amides is 3. The minimum absolute atomic E-state index is 0.0886. The van der Waals surface area contributed by atoms with Crippen LogP contribution in [0.3, 0.4) is 0 Å². The van der Waals surface area contributed by atoms with Gasteiger partial charge >= 0.3 is 12.1 Å². The Kier molecular flexibility index (Phi) is 13.5. The molecule has 6 rings (SSSR count). The molecule has 3 amide bonds. The van der Waals surface area contributed by atoms with E-state index >= 15 is 0 Å². The molecule has 4 aromatic carbocycles. The van der Waals surface area contributed by atoms with Crippen molar-refractivity contribution < 1.29 is 33.8 Å². The van der Waals surface area contributed by atoms with Gasteiger partial charge in [-0.1, -0.05) is 115 Å². The number of alkyl carbamates (subject to hydrolysis) is 1. The number of hydrogen-bond donors (Lipinski definition) is 3. The second-order valence-electron chi connectivity index (χ2n) is 14.2. The zero-order valence-corrected chi connectivity index (χ0v) is 31.5. The lowest BCUT2D eigenvalue weighted by Crippen LogP contribution is -2.47. The first-order chi connectivity index (χ1) is 27.3. The van der Waals surface area contributed by atoms with Gasteiger partial charge in [-0.3, -0.25) is 9.59 Å². The third kappa shape index (κ3) is 9.44. The van der Waals surface area contributed by atoms with E-state index in [-0.39, 0.29) is 50.9 Å². The fraction of sp³-hybridized carbons (Fsp3) is 0.304. The molecule has 0 saturated carbocycles. The molecule has 0 saturated heterocycles. The van der Waals surface area contributed by atoms with Gasteiger partial charge in [0.15, 0.2) is 0 Å². The first-order valence-corrected chi connectivity index (χ1v) is 19.1. The van der Waals surface area contributed by atoms with E-state index in [1.54, 1.807) is 17.1 Å². The molecule has 290 valence electrons. The molecule has 0 bridgehead atoms. The molecule has 0 radical (unpaired) electrons. The molecule has 10 nitrogen and oxygen atoms in total. The van der Waals surface area contributed by atoms with Crippen LogP contribution in [0.25, 0.3) is 11.1 Å². The summed E-state index contributed by atoms with van der Waals surface area (Å²) in [5, 5.41) is 15.8. The summed E-state index contributed by atoms with van der Waals surface area (Å²) in [6.45, 7) is 7.60. The minimum atomic E-state index is -1.03. The third-order valence-corrected chi connectivity index (χ3v) is 10.6. The third-order valence-electron chi connectivity index (χ3n) is 10.6. The number of esters is 1. The minimum Gasteiger partial charge on any atom is -0.462 e. The fourth-order valence-electron chi connectivity index (χ4n) is 7.63. The monoisotopic (exact) mass is 755 g/mol. The second kappa shape index (κ2) is 19.0. The molecule has 0 fully saturated rings. The van der Waals surface area contributed by atoms with E-state index in [4.69, 9.17) is 9.47 Å². The number of rotatable bonds is 17. The van der Waals surface area contributed by atoms with E-state index < -0.39 is 42.0 Å². The molecular formula is C46H49N3O7. The van der Waals surface area contributed by atoms with Gasteiger partial charge in [-0.2, -0.15) is 0 Å². The zero-order valence-electron chi connectivity index (χ0n) is 31.5. The van der Waals surface area contributed by atoms with Crippen LogP contribution >= 0.6 is 0 Å². The fourth-order valence-corrected chi connectivity index (χ4v) is 7.63. The van der Waals surface area contributed by atoms with Gasteiger partial charge in [0, 0.05) is 18.9 Å². The van der Waals surface area contributed by atoms with Crippen LogP contribution in [0.1, 0.15) is 65.5 Å². The number of nitrogens with zero attached hydrogens (tertiary/aromatic N) is 1. The van der Waals surface area contributed by atoms with Gasteiger partial charge in [-0.25, -0.2) is 9.59 Å². The molecule has 3 N–H and O–H groups in total. The van der Waals surface area contributed by atoms with Crippen LogP contribution in [0.15, 0.2) is 128 Å². The maximum atomic E-state index is 13.9. The standard InChI is InChI=1S/C46H49N3O7/c1-3-5-24-41(48-46(54)56-29-40-38-22-13-11-20-36(38)37-21-12-14-23-39(37)40)45(53)55-30-42(31-16-7-6-8-17-31)47-44(52)33(15-4-2)26-43(51)49-27-34-19-10-9-18-32(34)25-35(49)28-50/h3-4,6-14,16-23,33,35,40-42,50H,1-2,5,15,24-30H2,(H,47,52)(H,48,54)/t33-,35+,41+,42-/m1/s1. The Hall–Kier alpha value is -6.00. The molecule has 0 aromatic heterocycles. The van der Waals surface area contributed by atoms with E-state index in [1.165, 1.54) is 0 Å². The summed E-state index contributed by atoms with van der Waals surface area (Å²) < 4.78 is 11.5. The normalized spacial score (nSPS) is 15.9. The van der Waals surface area contributed by atoms with Crippen LogP contribution in [0.5, 0.6) is 0 Å². The van der Waals surface area contributed by atoms with Gasteiger partial charge < -0.3 is 30.1 Å². The summed E-state index contributed by atoms with van der Waals surface area (Å²) >= 11 is 0. The maximum absolute atomic E-state index is 13.9. The molecule has 4 aromatic rings. The number of carbonyl (C=O) groups is 4. The van der Waals surface area contributed by atoms with Crippen molar-refractivity contribution in [3.63, 3.8) is 0 Å². The predicted molar refractivity (Wildman–Crippen MR) is 214 cm³/mol. The van der Waals surface area contributed by atoms with Gasteiger partial charge in [0.1, 0.15) is 19.3 Å². The number of ether oxygens (including phenoxy) is 2. The van der Waals surface area contributed by atoms with Gasteiger partial charge in [0.25, 0.3) is 0 Å². The number of fused-ring (bicyclic) bond motifs is 4. The van der Waals surface area contributed by atoms with Crippen LogP contribution in [0, 0.1) is 5.92 Å². The van der Waals surface area contributed by atoms with E-state index in [2.05, 4.69) is 35.9 Å². The van der Waals surface area contributed by atoms with Crippen LogP contribution in [-0.2, 0) is 36.8 Å². The largest absolute Gasteiger partial charge is 0.462 e. The van der Waals surface area contributed by atoms with E-state index in [9.17, 15) is 24.3 Å². The van der Waals surface area contributed by atoms with Crippen LogP contribution in [0.2, 0.25) is 0 Å². The SMILES string of the molecule is C=CCC[C@H](NC(=O)OCC1c2ccccc2-c2ccccc21)C(=O)OC[C@@H](NC(=O)[C@H](CC=C)CC(=O)N1Cc2ccccc2C[C@H]1CO)c1ccccc1. The quantitative estimate of drug-likeness (QED) is 0.0799. The van der Waals surface area contributed by atoms with Gasteiger partial charge in [-0.05, 0) is 64.6 Å². The first kappa shape index (κ1) is 39.7. The van der Waals surface area contributed by atoms with Crippen molar-refractivity contribution in [2.45, 2.75) is 62.7 Å². The number of benzene rings is 4. The lowest BCUT2D eigenvalue weighted by molar-refractivity contribution is -0.147. The highest BCUT2D eigenvalue weighted by atomic mass is 16.6. The average molecular weight is 756 g/mol. The van der Waals surface area contributed by atoms with Gasteiger partial charge in [-0.15, -0.1) is 13.2 Å². The first-order valence-electron chi connectivity index (χ1n) is 19.1.